The summed E-state index contributed by atoms with van der Waals surface area (Å²) >= 11 is 0. The molecule has 1 rings (SSSR count). The highest BCUT2D eigenvalue weighted by Crippen LogP contribution is 2.12. The Hall–Kier alpha value is -1.16. The van der Waals surface area contributed by atoms with E-state index < -0.39 is 0 Å². The Bertz CT molecular complexity index is 318. The normalized spacial score (nSPS) is 13.2. The fourth-order valence-corrected chi connectivity index (χ4v) is 1.44. The maximum atomic E-state index is 11.9. The van der Waals surface area contributed by atoms with Crippen LogP contribution >= 0.6 is 0 Å². The smallest absolute Gasteiger partial charge is 0.209 e. The molecule has 1 aromatic rings. The average Bonchev–Trinajstić information content (AvgIpc) is 2.51. The fourth-order valence-electron chi connectivity index (χ4n) is 1.44. The van der Waals surface area contributed by atoms with Gasteiger partial charge >= 0.3 is 0 Å². The van der Waals surface area contributed by atoms with Gasteiger partial charge in [0.15, 0.2) is 0 Å². The second-order valence-electron chi connectivity index (χ2n) is 3.60. The molecular formula is C10H16N2O2. The van der Waals surface area contributed by atoms with E-state index in [4.69, 9.17) is 4.74 Å². The molecule has 0 fully saturated rings. The summed E-state index contributed by atoms with van der Waals surface area (Å²) in [4.78, 5) is 11.9. The van der Waals surface area contributed by atoms with Gasteiger partial charge in [0.2, 0.25) is 5.78 Å². The van der Waals surface area contributed by atoms with Crippen molar-refractivity contribution in [2.45, 2.75) is 20.0 Å². The monoisotopic (exact) mass is 196 g/mol. The molecule has 0 spiro atoms. The largest absolute Gasteiger partial charge is 0.373 e. The maximum Gasteiger partial charge on any atom is 0.209 e. The van der Waals surface area contributed by atoms with Crippen LogP contribution in [0.2, 0.25) is 0 Å². The van der Waals surface area contributed by atoms with Gasteiger partial charge in [-0.3, -0.25) is 9.48 Å². The summed E-state index contributed by atoms with van der Waals surface area (Å²) in [5.74, 6) is 0.157. The van der Waals surface area contributed by atoms with Crippen LogP contribution in [0.25, 0.3) is 0 Å². The van der Waals surface area contributed by atoms with E-state index in [1.807, 2.05) is 13.8 Å². The summed E-state index contributed by atoms with van der Waals surface area (Å²) in [6, 6.07) is 1.71. The van der Waals surface area contributed by atoms with Gasteiger partial charge in [-0.15, -0.1) is 0 Å². The molecular weight excluding hydrogens is 180 g/mol. The molecule has 4 nitrogen and oxygen atoms in total. The van der Waals surface area contributed by atoms with Crippen molar-refractivity contribution in [3.63, 3.8) is 0 Å². The molecule has 1 heterocycles. The van der Waals surface area contributed by atoms with Gasteiger partial charge in [-0.1, -0.05) is 13.8 Å². The first-order valence-corrected chi connectivity index (χ1v) is 4.63. The Kier molecular flexibility index (Phi) is 3.41. The summed E-state index contributed by atoms with van der Waals surface area (Å²) in [5, 5.41) is 3.95. The van der Waals surface area contributed by atoms with Crippen LogP contribution in [0.3, 0.4) is 0 Å². The highest BCUT2D eigenvalue weighted by atomic mass is 16.5. The molecule has 0 amide bonds. The lowest BCUT2D eigenvalue weighted by Crippen LogP contribution is -2.30. The topological polar surface area (TPSA) is 44.1 Å². The van der Waals surface area contributed by atoms with Crippen LogP contribution in [0, 0.1) is 5.92 Å². The zero-order chi connectivity index (χ0) is 10.7. The van der Waals surface area contributed by atoms with Crippen molar-refractivity contribution in [1.82, 2.24) is 9.78 Å². The van der Waals surface area contributed by atoms with E-state index in [0.717, 1.165) is 0 Å². The predicted molar refractivity (Wildman–Crippen MR) is 53.2 cm³/mol. The van der Waals surface area contributed by atoms with Gasteiger partial charge in [0.25, 0.3) is 0 Å². The number of carbonyl (C=O) groups excluding carboxylic acids is 1. The van der Waals surface area contributed by atoms with E-state index in [-0.39, 0.29) is 17.8 Å². The van der Waals surface area contributed by atoms with E-state index in [9.17, 15) is 4.79 Å². The molecule has 0 radical (unpaired) electrons. The van der Waals surface area contributed by atoms with E-state index in [2.05, 4.69) is 5.10 Å². The van der Waals surface area contributed by atoms with Crippen LogP contribution in [0.4, 0.5) is 0 Å². The summed E-state index contributed by atoms with van der Waals surface area (Å²) in [6.07, 6.45) is 1.23. The van der Waals surface area contributed by atoms with E-state index in [0.29, 0.717) is 5.69 Å². The highest BCUT2D eigenvalue weighted by Gasteiger charge is 2.24. The van der Waals surface area contributed by atoms with Crippen molar-refractivity contribution < 1.29 is 9.53 Å². The lowest BCUT2D eigenvalue weighted by atomic mass is 10.0. The number of nitrogens with zero attached hydrogens (tertiary/aromatic N) is 2. The molecule has 1 atom stereocenters. The number of hydrogen-bond donors (Lipinski definition) is 0. The number of rotatable bonds is 4. The van der Waals surface area contributed by atoms with E-state index >= 15 is 0 Å². The summed E-state index contributed by atoms with van der Waals surface area (Å²) in [7, 11) is 3.30. The van der Waals surface area contributed by atoms with Gasteiger partial charge in [-0.25, -0.2) is 0 Å². The number of aryl methyl sites for hydroxylation is 1. The molecule has 0 bridgehead atoms. The molecule has 4 heteroatoms. The Morgan fingerprint density at radius 1 is 1.57 bits per heavy atom. The predicted octanol–water partition coefficient (Wildman–Crippen LogP) is 1.27. The van der Waals surface area contributed by atoms with Gasteiger partial charge in [0.1, 0.15) is 11.8 Å². The van der Waals surface area contributed by atoms with Gasteiger partial charge in [-0.05, 0) is 12.0 Å². The molecule has 0 aliphatic heterocycles. The van der Waals surface area contributed by atoms with Crippen LogP contribution in [0.5, 0.6) is 0 Å². The van der Waals surface area contributed by atoms with Gasteiger partial charge in [0.05, 0.1) is 0 Å². The number of methoxy groups -OCH3 is 1. The first kappa shape index (κ1) is 10.9. The molecule has 0 aromatic carbocycles. The number of aromatic nitrogens is 2. The van der Waals surface area contributed by atoms with Crippen LogP contribution in [0.15, 0.2) is 12.3 Å². The van der Waals surface area contributed by atoms with E-state index in [1.165, 1.54) is 0 Å². The van der Waals surface area contributed by atoms with Crippen LogP contribution in [0.1, 0.15) is 24.3 Å². The molecule has 0 aliphatic rings. The Balaban J connectivity index is 2.89. The summed E-state index contributed by atoms with van der Waals surface area (Å²) < 4.78 is 6.73. The lowest BCUT2D eigenvalue weighted by Gasteiger charge is -2.17. The van der Waals surface area contributed by atoms with Crippen LogP contribution in [-0.2, 0) is 11.8 Å². The van der Waals surface area contributed by atoms with Gasteiger partial charge < -0.3 is 4.74 Å². The number of ether oxygens (including phenoxy) is 1. The first-order chi connectivity index (χ1) is 6.57. The minimum absolute atomic E-state index is 0.0116. The SMILES string of the molecule is COC(C(=O)c1ccnn1C)C(C)C. The molecule has 78 valence electrons. The molecule has 0 saturated heterocycles. The van der Waals surface area contributed by atoms with Crippen molar-refractivity contribution in [1.29, 1.82) is 0 Å². The third kappa shape index (κ3) is 2.01. The third-order valence-electron chi connectivity index (χ3n) is 2.19. The minimum Gasteiger partial charge on any atom is -0.373 e. The number of hydrogen-bond acceptors (Lipinski definition) is 3. The fraction of sp³-hybridized carbons (Fsp3) is 0.600. The van der Waals surface area contributed by atoms with Gasteiger partial charge in [-0.2, -0.15) is 5.10 Å². The molecule has 0 N–H and O–H groups in total. The first-order valence-electron chi connectivity index (χ1n) is 4.63. The second kappa shape index (κ2) is 4.37. The lowest BCUT2D eigenvalue weighted by molar-refractivity contribution is 0.0449. The Labute approximate surface area is 83.9 Å². The quantitative estimate of drug-likeness (QED) is 0.681. The molecule has 14 heavy (non-hydrogen) atoms. The van der Waals surface area contributed by atoms with Crippen molar-refractivity contribution in [3.05, 3.63) is 18.0 Å². The van der Waals surface area contributed by atoms with Crippen molar-refractivity contribution >= 4 is 5.78 Å². The third-order valence-corrected chi connectivity index (χ3v) is 2.19. The number of ketones is 1. The minimum atomic E-state index is -0.384. The summed E-state index contributed by atoms with van der Waals surface area (Å²) in [5.41, 5.74) is 0.588. The zero-order valence-corrected chi connectivity index (χ0v) is 9.02. The van der Waals surface area contributed by atoms with Crippen LogP contribution in [-0.4, -0.2) is 28.8 Å². The molecule has 1 unspecified atom stereocenters. The number of Topliss-reactive ketones (excluding diaryl/α,β-unsaturated/α-hetero) is 1. The van der Waals surface area contributed by atoms with Gasteiger partial charge in [0, 0.05) is 20.4 Å². The maximum absolute atomic E-state index is 11.9. The van der Waals surface area contributed by atoms with Crippen LogP contribution < -0.4 is 0 Å². The number of carbonyl (C=O) groups is 1. The second-order valence-corrected chi connectivity index (χ2v) is 3.60. The standard InChI is InChI=1S/C10H16N2O2/c1-7(2)10(14-4)9(13)8-5-6-11-12(8)3/h5-7,10H,1-4H3. The Morgan fingerprint density at radius 2 is 2.21 bits per heavy atom. The highest BCUT2D eigenvalue weighted by molar-refractivity contribution is 5.98. The van der Waals surface area contributed by atoms with E-state index in [1.54, 1.807) is 31.1 Å². The zero-order valence-electron chi connectivity index (χ0n) is 9.02. The Morgan fingerprint density at radius 3 is 2.57 bits per heavy atom. The molecule has 0 saturated carbocycles. The molecule has 0 aliphatic carbocycles. The summed E-state index contributed by atoms with van der Waals surface area (Å²) in [6.45, 7) is 3.92. The average molecular weight is 196 g/mol. The molecule has 1 aromatic heterocycles. The van der Waals surface area contributed by atoms with Crippen molar-refractivity contribution in [3.8, 4) is 0 Å². The van der Waals surface area contributed by atoms with Crippen molar-refractivity contribution in [2.75, 3.05) is 7.11 Å². The van der Waals surface area contributed by atoms with Crippen molar-refractivity contribution in [2.24, 2.45) is 13.0 Å².